The van der Waals surface area contributed by atoms with Gasteiger partial charge in [0.1, 0.15) is 10.4 Å². The molecule has 3 heterocycles. The molecule has 0 aliphatic rings. The lowest BCUT2D eigenvalue weighted by Gasteiger charge is -2.18. The number of nitrogens with zero attached hydrogens (tertiary/aromatic N) is 3. The zero-order valence-electron chi connectivity index (χ0n) is 19.8. The van der Waals surface area contributed by atoms with Crippen molar-refractivity contribution in [3.63, 3.8) is 0 Å². The number of thiophene rings is 1. The summed E-state index contributed by atoms with van der Waals surface area (Å²) in [4.78, 5) is 36.1. The lowest BCUT2D eigenvalue weighted by atomic mass is 10.2. The van der Waals surface area contributed by atoms with Crippen LogP contribution in [-0.4, -0.2) is 32.8 Å². The van der Waals surface area contributed by atoms with Crippen molar-refractivity contribution in [2.24, 2.45) is 0 Å². The number of hydrogen-bond donors (Lipinski definition) is 1. The normalized spacial score (nSPS) is 12.1. The Balaban J connectivity index is 1.55. The van der Waals surface area contributed by atoms with Crippen LogP contribution < -0.4 is 15.6 Å². The number of methoxy groups -OCH3 is 1. The first-order valence-corrected chi connectivity index (χ1v) is 13.2. The highest BCUT2D eigenvalue weighted by Crippen LogP contribution is 2.33. The Morgan fingerprint density at radius 3 is 2.81 bits per heavy atom. The van der Waals surface area contributed by atoms with Gasteiger partial charge in [-0.15, -0.1) is 11.3 Å². The molecule has 1 amide bonds. The Morgan fingerprint density at radius 2 is 2.03 bits per heavy atom. The molecule has 3 aromatic heterocycles. The Kier molecular flexibility index (Phi) is 7.02. The smallest absolute Gasteiger partial charge is 0.272 e. The van der Waals surface area contributed by atoms with Crippen LogP contribution in [0.5, 0.6) is 5.75 Å². The van der Waals surface area contributed by atoms with E-state index in [-0.39, 0.29) is 11.5 Å². The van der Waals surface area contributed by atoms with Gasteiger partial charge in [0, 0.05) is 34.2 Å². The molecule has 1 unspecified atom stereocenters. The Bertz CT molecular complexity index is 1600. The third kappa shape index (κ3) is 4.84. The standard InChI is InChI=1S/C27H24N4O3S2/c1-3-21(25(32)29-18-9-6-10-19(14-18)34-2)36-27-30-23-20-11-4-5-12-22(20)35-24(23)26(33)31(27)16-17-8-7-13-28-15-17/h4-15,21H,3,16H2,1-2H3,(H,29,32). The molecular weight excluding hydrogens is 492 g/mol. The number of carbonyl (C=O) groups excluding carboxylic acids is 1. The van der Waals surface area contributed by atoms with Crippen molar-refractivity contribution in [1.82, 2.24) is 14.5 Å². The maximum Gasteiger partial charge on any atom is 0.272 e. The zero-order chi connectivity index (χ0) is 25.1. The minimum absolute atomic E-state index is 0.115. The molecule has 2 aromatic carbocycles. The zero-order valence-corrected chi connectivity index (χ0v) is 21.4. The van der Waals surface area contributed by atoms with E-state index in [4.69, 9.17) is 9.72 Å². The topological polar surface area (TPSA) is 86.1 Å². The Labute approximate surface area is 216 Å². The van der Waals surface area contributed by atoms with Gasteiger partial charge >= 0.3 is 0 Å². The van der Waals surface area contributed by atoms with Gasteiger partial charge in [0.25, 0.3) is 5.56 Å². The summed E-state index contributed by atoms with van der Waals surface area (Å²) >= 11 is 2.75. The van der Waals surface area contributed by atoms with Crippen LogP contribution in [-0.2, 0) is 11.3 Å². The van der Waals surface area contributed by atoms with Gasteiger partial charge < -0.3 is 10.1 Å². The monoisotopic (exact) mass is 516 g/mol. The number of nitrogens with one attached hydrogen (secondary N) is 1. The molecule has 0 saturated heterocycles. The van der Waals surface area contributed by atoms with Crippen molar-refractivity contribution in [1.29, 1.82) is 0 Å². The first kappa shape index (κ1) is 24.0. The summed E-state index contributed by atoms with van der Waals surface area (Å²) < 4.78 is 8.54. The fourth-order valence-corrected chi connectivity index (χ4v) is 6.03. The second kappa shape index (κ2) is 10.5. The molecule has 7 nitrogen and oxygen atoms in total. The number of ether oxygens (including phenoxy) is 1. The van der Waals surface area contributed by atoms with Crippen LogP contribution in [0.25, 0.3) is 20.3 Å². The molecule has 5 rings (SSSR count). The van der Waals surface area contributed by atoms with E-state index in [0.717, 1.165) is 15.6 Å². The van der Waals surface area contributed by atoms with E-state index in [1.807, 2.05) is 61.5 Å². The summed E-state index contributed by atoms with van der Waals surface area (Å²) in [6.45, 7) is 2.27. The molecule has 1 atom stereocenters. The number of benzene rings is 2. The predicted molar refractivity (Wildman–Crippen MR) is 146 cm³/mol. The Morgan fingerprint density at radius 1 is 1.17 bits per heavy atom. The van der Waals surface area contributed by atoms with Gasteiger partial charge in [-0.1, -0.05) is 49.0 Å². The van der Waals surface area contributed by atoms with Crippen LogP contribution in [0.4, 0.5) is 5.69 Å². The number of amides is 1. The van der Waals surface area contributed by atoms with Gasteiger partial charge in [0.15, 0.2) is 5.16 Å². The fourth-order valence-electron chi connectivity index (χ4n) is 3.93. The number of pyridine rings is 1. The maximum atomic E-state index is 13.7. The number of fused-ring (bicyclic) bond motifs is 3. The van der Waals surface area contributed by atoms with Crippen molar-refractivity contribution < 1.29 is 9.53 Å². The first-order valence-electron chi connectivity index (χ1n) is 11.5. The average Bonchev–Trinajstić information content (AvgIpc) is 3.28. The van der Waals surface area contributed by atoms with Crippen LogP contribution in [0.2, 0.25) is 0 Å². The summed E-state index contributed by atoms with van der Waals surface area (Å²) in [7, 11) is 1.59. The molecule has 36 heavy (non-hydrogen) atoms. The van der Waals surface area contributed by atoms with Crippen LogP contribution in [0.1, 0.15) is 18.9 Å². The molecule has 0 spiro atoms. The van der Waals surface area contributed by atoms with Gasteiger partial charge in [-0.3, -0.25) is 19.1 Å². The van der Waals surface area contributed by atoms with Crippen molar-refractivity contribution in [2.75, 3.05) is 12.4 Å². The molecule has 0 fully saturated rings. The third-order valence-corrected chi connectivity index (χ3v) is 8.26. The van der Waals surface area contributed by atoms with Crippen molar-refractivity contribution >= 4 is 55.0 Å². The summed E-state index contributed by atoms with van der Waals surface area (Å²) in [5.41, 5.74) is 2.10. The van der Waals surface area contributed by atoms with Gasteiger partial charge in [-0.25, -0.2) is 4.98 Å². The van der Waals surface area contributed by atoms with E-state index in [1.54, 1.807) is 30.1 Å². The predicted octanol–water partition coefficient (Wildman–Crippen LogP) is 5.57. The molecule has 1 N–H and O–H groups in total. The van der Waals surface area contributed by atoms with Gasteiger partial charge in [0.05, 0.1) is 24.4 Å². The van der Waals surface area contributed by atoms with Crippen LogP contribution in [0.15, 0.2) is 83.0 Å². The minimum Gasteiger partial charge on any atom is -0.497 e. The number of thioether (sulfide) groups is 1. The highest BCUT2D eigenvalue weighted by molar-refractivity contribution is 8.00. The molecule has 182 valence electrons. The summed E-state index contributed by atoms with van der Waals surface area (Å²) in [5, 5.41) is 3.97. The molecule has 0 saturated carbocycles. The minimum atomic E-state index is -0.453. The highest BCUT2D eigenvalue weighted by Gasteiger charge is 2.24. The van der Waals surface area contributed by atoms with Crippen LogP contribution in [0, 0.1) is 0 Å². The van der Waals surface area contributed by atoms with E-state index >= 15 is 0 Å². The second-order valence-corrected chi connectivity index (χ2v) is 10.4. The fraction of sp³-hybridized carbons (Fsp3) is 0.185. The summed E-state index contributed by atoms with van der Waals surface area (Å²) in [6.07, 6.45) is 4.00. The summed E-state index contributed by atoms with van der Waals surface area (Å²) in [5.74, 6) is 0.503. The molecule has 0 aliphatic heterocycles. The SMILES string of the molecule is CCC(Sc1nc2c(sc3ccccc32)c(=O)n1Cc1cccnc1)C(=O)Nc1cccc(OC)c1. The van der Waals surface area contributed by atoms with Gasteiger partial charge in [-0.05, 0) is 36.2 Å². The van der Waals surface area contributed by atoms with Gasteiger partial charge in [0.2, 0.25) is 5.91 Å². The lowest BCUT2D eigenvalue weighted by molar-refractivity contribution is -0.115. The third-order valence-electron chi connectivity index (χ3n) is 5.76. The largest absolute Gasteiger partial charge is 0.497 e. The quantitative estimate of drug-likeness (QED) is 0.214. The number of rotatable bonds is 8. The molecular formula is C27H24N4O3S2. The van der Waals surface area contributed by atoms with Gasteiger partial charge in [-0.2, -0.15) is 0 Å². The van der Waals surface area contributed by atoms with Crippen molar-refractivity contribution in [3.8, 4) is 5.75 Å². The van der Waals surface area contributed by atoms with Crippen molar-refractivity contribution in [2.45, 2.75) is 30.3 Å². The van der Waals surface area contributed by atoms with Crippen molar-refractivity contribution in [3.05, 3.63) is 89.0 Å². The molecule has 0 radical (unpaired) electrons. The summed E-state index contributed by atoms with van der Waals surface area (Å²) in [6, 6.07) is 18.9. The van der Waals surface area contributed by atoms with E-state index in [1.165, 1.54) is 23.1 Å². The molecule has 5 aromatic rings. The van der Waals surface area contributed by atoms with E-state index in [2.05, 4.69) is 10.3 Å². The maximum absolute atomic E-state index is 13.7. The lowest BCUT2D eigenvalue weighted by Crippen LogP contribution is -2.28. The number of aromatic nitrogens is 3. The van der Waals surface area contributed by atoms with E-state index < -0.39 is 5.25 Å². The highest BCUT2D eigenvalue weighted by atomic mass is 32.2. The van der Waals surface area contributed by atoms with Crippen LogP contribution >= 0.6 is 23.1 Å². The molecule has 0 bridgehead atoms. The van der Waals surface area contributed by atoms with E-state index in [0.29, 0.717) is 39.8 Å². The second-order valence-electron chi connectivity index (χ2n) is 8.16. The van der Waals surface area contributed by atoms with Crippen LogP contribution in [0.3, 0.4) is 0 Å². The molecule has 0 aliphatic carbocycles. The van der Waals surface area contributed by atoms with E-state index in [9.17, 15) is 9.59 Å². The first-order chi connectivity index (χ1) is 17.6. The molecule has 9 heteroatoms. The number of carbonyl (C=O) groups is 1. The number of hydrogen-bond acceptors (Lipinski definition) is 7. The average molecular weight is 517 g/mol. The Hall–Kier alpha value is -3.69. The number of anilines is 1.